The maximum Gasteiger partial charge on any atom is 0.259 e. The van der Waals surface area contributed by atoms with Gasteiger partial charge in [-0.25, -0.2) is 13.4 Å². The zero-order chi connectivity index (χ0) is 17.6. The van der Waals surface area contributed by atoms with Crippen molar-refractivity contribution in [2.75, 3.05) is 0 Å². The zero-order valence-electron chi connectivity index (χ0n) is 13.2. The molecule has 0 fully saturated rings. The van der Waals surface area contributed by atoms with Crippen molar-refractivity contribution in [3.8, 4) is 0 Å². The SMILES string of the molecule is O=c1[nH]c(CS(=O)(=O)c2ccc(Cl)cc2)nc2sc3c(c12)CCCC3. The van der Waals surface area contributed by atoms with Crippen LogP contribution in [0.5, 0.6) is 0 Å². The summed E-state index contributed by atoms with van der Waals surface area (Å²) in [4.78, 5) is 21.6. The first-order valence-corrected chi connectivity index (χ1v) is 10.8. The number of hydrogen-bond acceptors (Lipinski definition) is 5. The highest BCUT2D eigenvalue weighted by Crippen LogP contribution is 2.33. The number of H-pyrrole nitrogens is 1. The Kier molecular flexibility index (Phi) is 4.17. The van der Waals surface area contributed by atoms with Crippen molar-refractivity contribution >= 4 is 43.0 Å². The summed E-state index contributed by atoms with van der Waals surface area (Å²) in [5.74, 6) is -0.173. The van der Waals surface area contributed by atoms with E-state index in [0.29, 0.717) is 15.2 Å². The predicted molar refractivity (Wildman–Crippen MR) is 99.2 cm³/mol. The minimum Gasteiger partial charge on any atom is -0.309 e. The van der Waals surface area contributed by atoms with Crippen LogP contribution in [0, 0.1) is 0 Å². The van der Waals surface area contributed by atoms with Gasteiger partial charge in [-0.2, -0.15) is 0 Å². The van der Waals surface area contributed by atoms with E-state index in [1.165, 1.54) is 40.5 Å². The van der Waals surface area contributed by atoms with Crippen LogP contribution in [0.2, 0.25) is 5.02 Å². The minimum atomic E-state index is -3.60. The molecule has 5 nitrogen and oxygen atoms in total. The van der Waals surface area contributed by atoms with Crippen LogP contribution in [-0.4, -0.2) is 18.4 Å². The van der Waals surface area contributed by atoms with Crippen LogP contribution < -0.4 is 5.56 Å². The molecule has 2 aromatic heterocycles. The van der Waals surface area contributed by atoms with Crippen molar-refractivity contribution < 1.29 is 8.42 Å². The van der Waals surface area contributed by atoms with Crippen LogP contribution >= 0.6 is 22.9 Å². The Bertz CT molecular complexity index is 1120. The number of thiophene rings is 1. The van der Waals surface area contributed by atoms with Gasteiger partial charge in [0.05, 0.1) is 10.3 Å². The molecular weight excluding hydrogens is 380 g/mol. The van der Waals surface area contributed by atoms with E-state index in [9.17, 15) is 13.2 Å². The van der Waals surface area contributed by atoms with Gasteiger partial charge in [-0.05, 0) is 55.5 Å². The number of halogens is 1. The lowest BCUT2D eigenvalue weighted by Crippen LogP contribution is -2.16. The van der Waals surface area contributed by atoms with Crippen LogP contribution in [-0.2, 0) is 28.4 Å². The molecule has 2 heterocycles. The van der Waals surface area contributed by atoms with Crippen molar-refractivity contribution in [1.82, 2.24) is 9.97 Å². The van der Waals surface area contributed by atoms with Gasteiger partial charge in [-0.1, -0.05) is 11.6 Å². The minimum absolute atomic E-state index is 0.158. The highest BCUT2D eigenvalue weighted by atomic mass is 35.5. The van der Waals surface area contributed by atoms with Crippen LogP contribution in [0.3, 0.4) is 0 Å². The van der Waals surface area contributed by atoms with E-state index in [-0.39, 0.29) is 22.0 Å². The maximum absolute atomic E-state index is 12.6. The van der Waals surface area contributed by atoms with Crippen LogP contribution in [0.25, 0.3) is 10.2 Å². The lowest BCUT2D eigenvalue weighted by atomic mass is 9.97. The average molecular weight is 395 g/mol. The van der Waals surface area contributed by atoms with Crippen LogP contribution in [0.1, 0.15) is 29.1 Å². The second kappa shape index (κ2) is 6.23. The molecule has 1 aliphatic rings. The standard InChI is InChI=1S/C17H15ClN2O3S2/c18-10-5-7-11(8-6-10)25(22,23)9-14-19-16(21)15-12-3-1-2-4-13(12)24-17(15)20-14/h5-8H,1-4,9H2,(H,19,20,21). The predicted octanol–water partition coefficient (Wildman–Crippen LogP) is 3.49. The lowest BCUT2D eigenvalue weighted by Gasteiger charge is -2.09. The molecule has 0 amide bonds. The summed E-state index contributed by atoms with van der Waals surface area (Å²) in [7, 11) is -3.60. The number of aromatic amines is 1. The Labute approximate surface area is 153 Å². The third kappa shape index (κ3) is 3.12. The van der Waals surface area contributed by atoms with E-state index >= 15 is 0 Å². The first-order chi connectivity index (χ1) is 11.9. The largest absolute Gasteiger partial charge is 0.309 e. The average Bonchev–Trinajstić information content (AvgIpc) is 2.93. The Balaban J connectivity index is 1.75. The summed E-state index contributed by atoms with van der Waals surface area (Å²) in [6.07, 6.45) is 4.05. The third-order valence-electron chi connectivity index (χ3n) is 4.37. The number of rotatable bonds is 3. The molecule has 0 saturated heterocycles. The molecule has 1 aromatic carbocycles. The number of fused-ring (bicyclic) bond motifs is 3. The summed E-state index contributed by atoms with van der Waals surface area (Å²) < 4.78 is 25.1. The lowest BCUT2D eigenvalue weighted by molar-refractivity contribution is 0.594. The smallest absolute Gasteiger partial charge is 0.259 e. The Morgan fingerprint density at radius 1 is 1.16 bits per heavy atom. The van der Waals surface area contributed by atoms with Gasteiger partial charge < -0.3 is 4.98 Å². The summed E-state index contributed by atoms with van der Waals surface area (Å²) >= 11 is 7.31. The van der Waals surface area contributed by atoms with Gasteiger partial charge in [-0.15, -0.1) is 11.3 Å². The van der Waals surface area contributed by atoms with E-state index < -0.39 is 9.84 Å². The van der Waals surface area contributed by atoms with E-state index in [4.69, 9.17) is 11.6 Å². The first-order valence-electron chi connectivity index (χ1n) is 7.96. The topological polar surface area (TPSA) is 79.9 Å². The van der Waals surface area contributed by atoms with Gasteiger partial charge in [0, 0.05) is 9.90 Å². The molecule has 0 spiro atoms. The number of aryl methyl sites for hydroxylation is 2. The van der Waals surface area contributed by atoms with Gasteiger partial charge in [0.25, 0.3) is 5.56 Å². The maximum atomic E-state index is 12.6. The van der Waals surface area contributed by atoms with Crippen LogP contribution in [0.4, 0.5) is 0 Å². The Morgan fingerprint density at radius 2 is 1.88 bits per heavy atom. The molecular formula is C17H15ClN2O3S2. The quantitative estimate of drug-likeness (QED) is 0.737. The van der Waals surface area contributed by atoms with E-state index in [2.05, 4.69) is 9.97 Å². The molecule has 130 valence electrons. The zero-order valence-corrected chi connectivity index (χ0v) is 15.6. The van der Waals surface area contributed by atoms with E-state index in [1.807, 2.05) is 0 Å². The molecule has 0 atom stereocenters. The summed E-state index contributed by atoms with van der Waals surface area (Å²) in [5.41, 5.74) is 0.845. The second-order valence-corrected chi connectivity index (χ2v) is 9.63. The van der Waals surface area contributed by atoms with E-state index in [0.717, 1.165) is 31.2 Å². The fourth-order valence-corrected chi connectivity index (χ4v) is 5.80. The molecule has 4 rings (SSSR count). The summed E-state index contributed by atoms with van der Waals surface area (Å²) in [5, 5.41) is 1.10. The van der Waals surface area contributed by atoms with Crippen molar-refractivity contribution in [3.05, 3.63) is 55.9 Å². The van der Waals surface area contributed by atoms with Crippen LogP contribution in [0.15, 0.2) is 34.0 Å². The fraction of sp³-hybridized carbons (Fsp3) is 0.294. The van der Waals surface area contributed by atoms with Gasteiger partial charge >= 0.3 is 0 Å². The molecule has 0 radical (unpaired) electrons. The van der Waals surface area contributed by atoms with Crippen molar-refractivity contribution in [2.45, 2.75) is 36.3 Å². The molecule has 0 bridgehead atoms. The molecule has 0 saturated carbocycles. The molecule has 8 heteroatoms. The highest BCUT2D eigenvalue weighted by Gasteiger charge is 2.22. The number of sulfone groups is 1. The molecule has 1 aliphatic carbocycles. The number of nitrogens with zero attached hydrogens (tertiary/aromatic N) is 1. The second-order valence-electron chi connectivity index (χ2n) is 6.12. The first kappa shape index (κ1) is 16.8. The Hall–Kier alpha value is -1.70. The molecule has 0 aliphatic heterocycles. The Morgan fingerprint density at radius 3 is 2.64 bits per heavy atom. The summed E-state index contributed by atoms with van der Waals surface area (Å²) in [6, 6.07) is 5.97. The van der Waals surface area contributed by atoms with E-state index in [1.54, 1.807) is 0 Å². The highest BCUT2D eigenvalue weighted by molar-refractivity contribution is 7.90. The van der Waals surface area contributed by atoms with Gasteiger partial charge in [0.1, 0.15) is 16.4 Å². The van der Waals surface area contributed by atoms with Gasteiger partial charge in [-0.3, -0.25) is 4.79 Å². The van der Waals surface area contributed by atoms with Crippen molar-refractivity contribution in [3.63, 3.8) is 0 Å². The number of hydrogen-bond donors (Lipinski definition) is 1. The van der Waals surface area contributed by atoms with Gasteiger partial charge in [0.15, 0.2) is 9.84 Å². The number of aromatic nitrogens is 2. The normalized spacial score (nSPS) is 14.6. The monoisotopic (exact) mass is 394 g/mol. The molecule has 0 unspecified atom stereocenters. The summed E-state index contributed by atoms with van der Waals surface area (Å²) in [6.45, 7) is 0. The van der Waals surface area contributed by atoms with Crippen molar-refractivity contribution in [1.29, 1.82) is 0 Å². The fourth-order valence-electron chi connectivity index (χ4n) is 3.18. The third-order valence-corrected chi connectivity index (χ3v) is 7.46. The molecule has 3 aromatic rings. The number of benzene rings is 1. The molecule has 1 N–H and O–H groups in total. The van der Waals surface area contributed by atoms with Crippen molar-refractivity contribution in [2.24, 2.45) is 0 Å². The molecule has 25 heavy (non-hydrogen) atoms. The number of nitrogens with one attached hydrogen (secondary N) is 1. The van der Waals surface area contributed by atoms with Gasteiger partial charge in [0.2, 0.25) is 0 Å².